The molecule has 0 unspecified atom stereocenters. The highest BCUT2D eigenvalue weighted by Gasteiger charge is 2.14. The van der Waals surface area contributed by atoms with Crippen LogP contribution < -0.4 is 10.5 Å². The van der Waals surface area contributed by atoms with Crippen molar-refractivity contribution < 1.29 is 9.32 Å². The zero-order valence-corrected chi connectivity index (χ0v) is 11.5. The lowest BCUT2D eigenvalue weighted by Crippen LogP contribution is -3.13. The standard InChI is InChI=1S/C15H19N3O2/c19-15-7-6-13(14-5-4-12-20-14)16-18(15)11-10-17-8-2-1-3-9-17/h4-7,12H,1-3,8-11H2/p+1. The maximum absolute atomic E-state index is 11.9. The average molecular weight is 274 g/mol. The topological polar surface area (TPSA) is 52.5 Å². The lowest BCUT2D eigenvalue weighted by atomic mass is 10.1. The summed E-state index contributed by atoms with van der Waals surface area (Å²) < 4.78 is 6.88. The first kappa shape index (κ1) is 13.1. The monoisotopic (exact) mass is 274 g/mol. The van der Waals surface area contributed by atoms with Crippen LogP contribution in [0.1, 0.15) is 19.3 Å². The third kappa shape index (κ3) is 2.99. The minimum absolute atomic E-state index is 0.0447. The Labute approximate surface area is 117 Å². The molecule has 20 heavy (non-hydrogen) atoms. The van der Waals surface area contributed by atoms with Gasteiger partial charge in [0.2, 0.25) is 0 Å². The largest absolute Gasteiger partial charge is 0.463 e. The maximum atomic E-state index is 11.9. The van der Waals surface area contributed by atoms with Crippen LogP contribution in [0, 0.1) is 0 Å². The zero-order valence-electron chi connectivity index (χ0n) is 11.5. The molecule has 2 aromatic heterocycles. The van der Waals surface area contributed by atoms with Crippen molar-refractivity contribution in [2.45, 2.75) is 25.8 Å². The van der Waals surface area contributed by atoms with Gasteiger partial charge in [0.25, 0.3) is 5.56 Å². The summed E-state index contributed by atoms with van der Waals surface area (Å²) in [5.74, 6) is 0.698. The third-order valence-electron chi connectivity index (χ3n) is 3.88. The molecule has 1 aliphatic heterocycles. The van der Waals surface area contributed by atoms with Crippen LogP contribution in [-0.4, -0.2) is 29.4 Å². The summed E-state index contributed by atoms with van der Waals surface area (Å²) in [6.07, 6.45) is 5.55. The highest BCUT2D eigenvalue weighted by molar-refractivity contribution is 5.50. The molecule has 0 saturated carbocycles. The number of quaternary nitrogens is 1. The number of nitrogens with one attached hydrogen (secondary N) is 1. The fraction of sp³-hybridized carbons (Fsp3) is 0.467. The van der Waals surface area contributed by atoms with Gasteiger partial charge in [0.15, 0.2) is 5.76 Å². The number of rotatable bonds is 4. The van der Waals surface area contributed by atoms with Gasteiger partial charge in [-0.15, -0.1) is 0 Å². The van der Waals surface area contributed by atoms with Crippen LogP contribution in [-0.2, 0) is 6.54 Å². The first-order chi connectivity index (χ1) is 9.83. The summed E-state index contributed by atoms with van der Waals surface area (Å²) in [7, 11) is 0. The normalized spacial score (nSPS) is 16.4. The van der Waals surface area contributed by atoms with Crippen LogP contribution >= 0.6 is 0 Å². The Morgan fingerprint density at radius 2 is 2.05 bits per heavy atom. The van der Waals surface area contributed by atoms with E-state index in [0.29, 0.717) is 18.0 Å². The number of furan rings is 1. The Morgan fingerprint density at radius 3 is 2.80 bits per heavy atom. The molecule has 5 heteroatoms. The van der Waals surface area contributed by atoms with Gasteiger partial charge in [0, 0.05) is 6.07 Å². The molecule has 5 nitrogen and oxygen atoms in total. The summed E-state index contributed by atoms with van der Waals surface area (Å²) in [5.41, 5.74) is 0.667. The van der Waals surface area contributed by atoms with Crippen LogP contribution in [0.5, 0.6) is 0 Å². The molecule has 3 heterocycles. The van der Waals surface area contributed by atoms with Crippen molar-refractivity contribution in [1.82, 2.24) is 9.78 Å². The summed E-state index contributed by atoms with van der Waals surface area (Å²) in [4.78, 5) is 13.5. The van der Waals surface area contributed by atoms with Crippen LogP contribution in [0.2, 0.25) is 0 Å². The number of hydrogen-bond acceptors (Lipinski definition) is 3. The van der Waals surface area contributed by atoms with Gasteiger partial charge in [-0.05, 0) is 37.5 Å². The van der Waals surface area contributed by atoms with E-state index in [9.17, 15) is 4.79 Å². The molecule has 0 amide bonds. The van der Waals surface area contributed by atoms with Crippen molar-refractivity contribution >= 4 is 0 Å². The Balaban J connectivity index is 1.72. The highest BCUT2D eigenvalue weighted by atomic mass is 16.3. The summed E-state index contributed by atoms with van der Waals surface area (Å²) >= 11 is 0. The molecule has 0 spiro atoms. The van der Waals surface area contributed by atoms with Gasteiger partial charge in [0.1, 0.15) is 5.69 Å². The van der Waals surface area contributed by atoms with Crippen molar-refractivity contribution in [2.24, 2.45) is 0 Å². The van der Waals surface area contributed by atoms with Gasteiger partial charge >= 0.3 is 0 Å². The van der Waals surface area contributed by atoms with Gasteiger partial charge in [-0.1, -0.05) is 0 Å². The van der Waals surface area contributed by atoms with E-state index in [0.717, 1.165) is 6.54 Å². The molecule has 0 atom stereocenters. The van der Waals surface area contributed by atoms with Crippen molar-refractivity contribution in [3.63, 3.8) is 0 Å². The zero-order chi connectivity index (χ0) is 13.8. The minimum Gasteiger partial charge on any atom is -0.463 e. The quantitative estimate of drug-likeness (QED) is 0.887. The van der Waals surface area contributed by atoms with Gasteiger partial charge in [-0.3, -0.25) is 4.79 Å². The van der Waals surface area contributed by atoms with Crippen molar-refractivity contribution in [2.75, 3.05) is 19.6 Å². The van der Waals surface area contributed by atoms with Crippen LogP contribution in [0.3, 0.4) is 0 Å². The van der Waals surface area contributed by atoms with E-state index in [1.165, 1.54) is 32.4 Å². The van der Waals surface area contributed by atoms with Gasteiger partial charge in [-0.25, -0.2) is 4.68 Å². The smallest absolute Gasteiger partial charge is 0.266 e. The Bertz CT molecular complexity index is 598. The number of nitrogens with zero attached hydrogens (tertiary/aromatic N) is 2. The van der Waals surface area contributed by atoms with E-state index in [4.69, 9.17) is 4.42 Å². The fourth-order valence-electron chi connectivity index (χ4n) is 2.73. The number of aromatic nitrogens is 2. The minimum atomic E-state index is -0.0447. The lowest BCUT2D eigenvalue weighted by molar-refractivity contribution is -0.905. The molecular formula is C15H20N3O2+. The molecule has 0 radical (unpaired) electrons. The molecule has 2 aromatic rings. The second-order valence-corrected chi connectivity index (χ2v) is 5.32. The van der Waals surface area contributed by atoms with Crippen LogP contribution in [0.25, 0.3) is 11.5 Å². The second kappa shape index (κ2) is 6.05. The van der Waals surface area contributed by atoms with E-state index in [2.05, 4.69) is 5.10 Å². The molecule has 106 valence electrons. The molecule has 0 aromatic carbocycles. The summed E-state index contributed by atoms with van der Waals surface area (Å²) in [5, 5.41) is 4.40. The van der Waals surface area contributed by atoms with Crippen molar-refractivity contribution in [3.05, 3.63) is 40.9 Å². The molecule has 1 aliphatic rings. The number of likely N-dealkylation sites (tertiary alicyclic amines) is 1. The van der Waals surface area contributed by atoms with E-state index in [1.54, 1.807) is 28.0 Å². The molecule has 0 bridgehead atoms. The Kier molecular flexibility index (Phi) is 3.97. The van der Waals surface area contributed by atoms with E-state index < -0.39 is 0 Å². The maximum Gasteiger partial charge on any atom is 0.266 e. The molecule has 1 fully saturated rings. The summed E-state index contributed by atoms with van der Waals surface area (Å²) in [6, 6.07) is 6.96. The molecule has 3 rings (SSSR count). The first-order valence-corrected chi connectivity index (χ1v) is 7.28. The predicted molar refractivity (Wildman–Crippen MR) is 75.6 cm³/mol. The predicted octanol–water partition coefficient (Wildman–Crippen LogP) is 0.572. The molecular weight excluding hydrogens is 254 g/mol. The van der Waals surface area contributed by atoms with Crippen LogP contribution in [0.4, 0.5) is 0 Å². The van der Waals surface area contributed by atoms with E-state index in [1.807, 2.05) is 12.1 Å². The molecule has 0 aliphatic carbocycles. The lowest BCUT2D eigenvalue weighted by Gasteiger charge is -2.23. The SMILES string of the molecule is O=c1ccc(-c2ccco2)nn1CC[NH+]1CCCCC1. The Morgan fingerprint density at radius 1 is 1.20 bits per heavy atom. The van der Waals surface area contributed by atoms with E-state index in [-0.39, 0.29) is 5.56 Å². The highest BCUT2D eigenvalue weighted by Crippen LogP contribution is 2.14. The van der Waals surface area contributed by atoms with E-state index >= 15 is 0 Å². The van der Waals surface area contributed by atoms with Gasteiger partial charge < -0.3 is 9.32 Å². The van der Waals surface area contributed by atoms with Crippen molar-refractivity contribution in [3.8, 4) is 11.5 Å². The van der Waals surface area contributed by atoms with Crippen LogP contribution in [0.15, 0.2) is 39.7 Å². The number of hydrogen-bond donors (Lipinski definition) is 1. The number of piperidine rings is 1. The molecule has 1 saturated heterocycles. The fourth-order valence-corrected chi connectivity index (χ4v) is 2.73. The molecule has 1 N–H and O–H groups in total. The average Bonchev–Trinajstić information content (AvgIpc) is 3.02. The van der Waals surface area contributed by atoms with Gasteiger partial charge in [0.05, 0.1) is 32.4 Å². The van der Waals surface area contributed by atoms with Gasteiger partial charge in [-0.2, -0.15) is 5.10 Å². The first-order valence-electron chi connectivity index (χ1n) is 7.28. The second-order valence-electron chi connectivity index (χ2n) is 5.32. The summed E-state index contributed by atoms with van der Waals surface area (Å²) in [6.45, 7) is 4.07. The Hall–Kier alpha value is -1.88. The third-order valence-corrected chi connectivity index (χ3v) is 3.88. The van der Waals surface area contributed by atoms with Crippen molar-refractivity contribution in [1.29, 1.82) is 0 Å².